The Hall–Kier alpha value is -3.63. The molecule has 2 aliphatic rings. The second kappa shape index (κ2) is 8.38. The third kappa shape index (κ3) is 3.77. The van der Waals surface area contributed by atoms with Gasteiger partial charge in [0.25, 0.3) is 0 Å². The quantitative estimate of drug-likeness (QED) is 0.343. The number of nitrogens with one attached hydrogen (secondary N) is 2. The highest BCUT2D eigenvalue weighted by molar-refractivity contribution is 7.10. The molecule has 6 rings (SSSR count). The van der Waals surface area contributed by atoms with E-state index in [1.807, 2.05) is 18.2 Å². The Labute approximate surface area is 197 Å². The lowest BCUT2D eigenvalue weighted by atomic mass is 9.80. The number of thiophene rings is 1. The highest BCUT2D eigenvalue weighted by atomic mass is 32.1. The van der Waals surface area contributed by atoms with Gasteiger partial charge in [0, 0.05) is 28.5 Å². The van der Waals surface area contributed by atoms with Gasteiger partial charge >= 0.3 is 0 Å². The van der Waals surface area contributed by atoms with Gasteiger partial charge in [0.15, 0.2) is 5.78 Å². The first kappa shape index (κ1) is 20.0. The Balaban J connectivity index is 1.42. The fraction of sp³-hybridized carbons (Fsp3) is 0.138. The van der Waals surface area contributed by atoms with Crippen molar-refractivity contribution in [3.63, 3.8) is 0 Å². The van der Waals surface area contributed by atoms with E-state index in [9.17, 15) is 4.79 Å². The lowest BCUT2D eigenvalue weighted by molar-refractivity contribution is -0.116. The SMILES string of the molecule is O=C1CC(c2cccs2)CC2=C1C(c1ccc(-c3ccccc3)cc1)Nc1ccccc1N2. The molecule has 0 amide bonds. The van der Waals surface area contributed by atoms with Crippen LogP contribution in [0, 0.1) is 0 Å². The van der Waals surface area contributed by atoms with Gasteiger partial charge in [-0.25, -0.2) is 0 Å². The van der Waals surface area contributed by atoms with Crippen LogP contribution in [0.4, 0.5) is 11.4 Å². The van der Waals surface area contributed by atoms with Crippen molar-refractivity contribution in [1.82, 2.24) is 0 Å². The van der Waals surface area contributed by atoms with Crippen LogP contribution in [0.1, 0.15) is 35.2 Å². The molecule has 1 aliphatic heterocycles. The maximum absolute atomic E-state index is 13.6. The van der Waals surface area contributed by atoms with Gasteiger partial charge in [0.1, 0.15) is 0 Å². The molecule has 2 unspecified atom stereocenters. The molecule has 162 valence electrons. The number of Topliss-reactive ketones (excluding diaryl/α,β-unsaturated/α-hetero) is 1. The largest absolute Gasteiger partial charge is 0.372 e. The number of fused-ring (bicyclic) bond motifs is 1. The molecule has 0 radical (unpaired) electrons. The van der Waals surface area contributed by atoms with E-state index in [2.05, 4.69) is 88.8 Å². The highest BCUT2D eigenvalue weighted by Gasteiger charge is 2.36. The van der Waals surface area contributed by atoms with Crippen molar-refractivity contribution in [1.29, 1.82) is 0 Å². The summed E-state index contributed by atoms with van der Waals surface area (Å²) in [5.41, 5.74) is 7.41. The zero-order valence-corrected chi connectivity index (χ0v) is 18.9. The molecule has 0 bridgehead atoms. The normalized spacial score (nSPS) is 19.7. The Morgan fingerprint density at radius 2 is 1.45 bits per heavy atom. The summed E-state index contributed by atoms with van der Waals surface area (Å²) in [6.45, 7) is 0. The summed E-state index contributed by atoms with van der Waals surface area (Å²) in [5.74, 6) is 0.453. The van der Waals surface area contributed by atoms with Crippen LogP contribution < -0.4 is 10.6 Å². The second-order valence-electron chi connectivity index (χ2n) is 8.67. The first-order chi connectivity index (χ1) is 16.3. The molecule has 2 heterocycles. The number of para-hydroxylation sites is 2. The van der Waals surface area contributed by atoms with Crippen molar-refractivity contribution in [2.45, 2.75) is 24.8 Å². The Bertz CT molecular complexity index is 1320. The van der Waals surface area contributed by atoms with Gasteiger partial charge < -0.3 is 10.6 Å². The Kier molecular flexibility index (Phi) is 5.08. The van der Waals surface area contributed by atoms with Crippen LogP contribution in [0.3, 0.4) is 0 Å². The van der Waals surface area contributed by atoms with E-state index in [1.54, 1.807) is 11.3 Å². The molecule has 1 aromatic heterocycles. The number of ketones is 1. The van der Waals surface area contributed by atoms with E-state index in [-0.39, 0.29) is 17.7 Å². The zero-order chi connectivity index (χ0) is 22.2. The standard InChI is InChI=1S/C29H24N2OS/c32-26-18-22(27-11-6-16-33-27)17-25-28(26)29(31-24-10-5-4-9-23(24)30-25)21-14-12-20(13-15-21)19-7-2-1-3-8-19/h1-16,22,29-31H,17-18H2. The smallest absolute Gasteiger partial charge is 0.163 e. The minimum atomic E-state index is -0.183. The molecule has 3 nitrogen and oxygen atoms in total. The fourth-order valence-corrected chi connectivity index (χ4v) is 5.80. The third-order valence-corrected chi connectivity index (χ3v) is 7.64. The summed E-state index contributed by atoms with van der Waals surface area (Å²) >= 11 is 1.74. The van der Waals surface area contributed by atoms with Gasteiger partial charge in [-0.15, -0.1) is 11.3 Å². The summed E-state index contributed by atoms with van der Waals surface area (Å²) < 4.78 is 0. The van der Waals surface area contributed by atoms with Gasteiger partial charge in [0.05, 0.1) is 17.4 Å². The average molecular weight is 449 g/mol. The van der Waals surface area contributed by atoms with Crippen LogP contribution in [0.5, 0.6) is 0 Å². The number of allylic oxidation sites excluding steroid dienone is 1. The van der Waals surface area contributed by atoms with Crippen molar-refractivity contribution in [2.75, 3.05) is 10.6 Å². The van der Waals surface area contributed by atoms with E-state index in [0.29, 0.717) is 6.42 Å². The van der Waals surface area contributed by atoms with Crippen LogP contribution in [0.15, 0.2) is 108 Å². The van der Waals surface area contributed by atoms with Crippen LogP contribution in [-0.2, 0) is 4.79 Å². The van der Waals surface area contributed by atoms with Crippen molar-refractivity contribution >= 4 is 28.5 Å². The molecule has 0 spiro atoms. The topological polar surface area (TPSA) is 41.1 Å². The zero-order valence-electron chi connectivity index (χ0n) is 18.1. The van der Waals surface area contributed by atoms with Gasteiger partial charge in [-0.1, -0.05) is 72.8 Å². The fourth-order valence-electron chi connectivity index (χ4n) is 4.97. The van der Waals surface area contributed by atoms with Crippen molar-refractivity contribution in [3.8, 4) is 11.1 Å². The Morgan fingerprint density at radius 1 is 0.727 bits per heavy atom. The van der Waals surface area contributed by atoms with Crippen LogP contribution >= 0.6 is 11.3 Å². The minimum absolute atomic E-state index is 0.183. The summed E-state index contributed by atoms with van der Waals surface area (Å²) in [4.78, 5) is 14.9. The van der Waals surface area contributed by atoms with E-state index in [0.717, 1.165) is 34.6 Å². The van der Waals surface area contributed by atoms with E-state index < -0.39 is 0 Å². The molecule has 4 heteroatoms. The van der Waals surface area contributed by atoms with Gasteiger partial charge in [-0.05, 0) is 46.7 Å². The van der Waals surface area contributed by atoms with E-state index in [4.69, 9.17) is 0 Å². The van der Waals surface area contributed by atoms with Crippen LogP contribution in [-0.4, -0.2) is 5.78 Å². The first-order valence-corrected chi connectivity index (χ1v) is 12.2. The molecule has 0 fully saturated rings. The van der Waals surface area contributed by atoms with Gasteiger partial charge in [-0.2, -0.15) is 0 Å². The monoisotopic (exact) mass is 448 g/mol. The second-order valence-corrected chi connectivity index (χ2v) is 9.65. The number of rotatable bonds is 3. The molecule has 3 aromatic carbocycles. The number of hydrogen-bond acceptors (Lipinski definition) is 4. The van der Waals surface area contributed by atoms with Crippen LogP contribution in [0.2, 0.25) is 0 Å². The van der Waals surface area contributed by atoms with Gasteiger partial charge in [-0.3, -0.25) is 4.79 Å². The summed E-state index contributed by atoms with van der Waals surface area (Å²) in [5, 5.41) is 9.39. The molecule has 0 saturated heterocycles. The molecule has 2 N–H and O–H groups in total. The number of carbonyl (C=O) groups is 1. The lowest BCUT2D eigenvalue weighted by Crippen LogP contribution is -2.26. The molecular weight excluding hydrogens is 424 g/mol. The first-order valence-electron chi connectivity index (χ1n) is 11.3. The molecular formula is C29H24N2OS. The third-order valence-electron chi connectivity index (χ3n) is 6.61. The predicted octanol–water partition coefficient (Wildman–Crippen LogP) is 7.39. The Morgan fingerprint density at radius 3 is 2.21 bits per heavy atom. The number of benzene rings is 3. The van der Waals surface area contributed by atoms with E-state index in [1.165, 1.54) is 16.0 Å². The van der Waals surface area contributed by atoms with Crippen LogP contribution in [0.25, 0.3) is 11.1 Å². The maximum atomic E-state index is 13.6. The summed E-state index contributed by atoms with van der Waals surface area (Å²) in [6.07, 6.45) is 1.40. The highest BCUT2D eigenvalue weighted by Crippen LogP contribution is 2.45. The molecule has 4 aromatic rings. The van der Waals surface area contributed by atoms with Crippen molar-refractivity contribution < 1.29 is 4.79 Å². The van der Waals surface area contributed by atoms with Gasteiger partial charge in [0.2, 0.25) is 0 Å². The summed E-state index contributed by atoms with van der Waals surface area (Å²) in [6, 6.07) is 31.2. The predicted molar refractivity (Wildman–Crippen MR) is 137 cm³/mol. The number of anilines is 2. The maximum Gasteiger partial charge on any atom is 0.163 e. The summed E-state index contributed by atoms with van der Waals surface area (Å²) in [7, 11) is 0. The number of carbonyl (C=O) groups excluding carboxylic acids is 1. The average Bonchev–Trinajstić information content (AvgIpc) is 3.34. The van der Waals surface area contributed by atoms with E-state index >= 15 is 0 Å². The van der Waals surface area contributed by atoms with Crippen molar-refractivity contribution in [2.24, 2.45) is 0 Å². The molecule has 33 heavy (non-hydrogen) atoms. The lowest BCUT2D eigenvalue weighted by Gasteiger charge is -2.29. The molecule has 1 aliphatic carbocycles. The number of hydrogen-bond donors (Lipinski definition) is 2. The molecule has 0 saturated carbocycles. The molecule has 2 atom stereocenters. The minimum Gasteiger partial charge on any atom is -0.372 e. The van der Waals surface area contributed by atoms with Crippen molar-refractivity contribution in [3.05, 3.63) is 118 Å².